The molecule has 0 saturated carbocycles. The van der Waals surface area contributed by atoms with E-state index < -0.39 is 11.9 Å². The van der Waals surface area contributed by atoms with Gasteiger partial charge < -0.3 is 0 Å². The molecule has 3 aromatic rings. The number of aromatic nitrogens is 2. The third-order valence-electron chi connectivity index (χ3n) is 5.32. The fourth-order valence-electron chi connectivity index (χ4n) is 3.58. The largest absolute Gasteiger partial charge is 0.286 e. The zero-order valence-electron chi connectivity index (χ0n) is 16.2. The number of nitrogens with one attached hydrogen (secondary N) is 1. The van der Waals surface area contributed by atoms with Gasteiger partial charge in [-0.25, -0.2) is 10.4 Å². The van der Waals surface area contributed by atoms with Gasteiger partial charge in [-0.05, 0) is 43.7 Å². The first-order chi connectivity index (χ1) is 14.0. The molecule has 1 aromatic carbocycles. The Balaban J connectivity index is 1.57. The van der Waals surface area contributed by atoms with E-state index in [4.69, 9.17) is 11.6 Å². The number of benzene rings is 1. The highest BCUT2D eigenvalue weighted by Gasteiger charge is 2.25. The quantitative estimate of drug-likeness (QED) is 0.505. The van der Waals surface area contributed by atoms with Crippen LogP contribution in [0.3, 0.4) is 0 Å². The summed E-state index contributed by atoms with van der Waals surface area (Å²) in [6, 6.07) is 6.46. The van der Waals surface area contributed by atoms with Crippen LogP contribution >= 0.6 is 22.9 Å². The molecule has 2 atom stereocenters. The van der Waals surface area contributed by atoms with Crippen molar-refractivity contribution in [3.8, 4) is 0 Å². The van der Waals surface area contributed by atoms with Gasteiger partial charge >= 0.3 is 0 Å². The lowest BCUT2D eigenvalue weighted by atomic mass is 9.89. The Morgan fingerprint density at radius 1 is 1.45 bits per heavy atom. The molecule has 2 heterocycles. The number of fused-ring (bicyclic) bond motifs is 3. The highest BCUT2D eigenvalue weighted by molar-refractivity contribution is 7.18. The standard InChI is InChI=1S/C21H21ClN4O2S/c1-12-7-8-15-17(9-12)29-20-18(15)21(28)26(11-23-20)13(2)19(27)25-24-10-14-5-3-4-6-16(14)22/h3-6,10-13H,7-9H2,1-2H3,(H,25,27)/b24-10-. The minimum absolute atomic E-state index is 0.167. The van der Waals surface area contributed by atoms with Gasteiger partial charge in [0.1, 0.15) is 10.9 Å². The van der Waals surface area contributed by atoms with Crippen LogP contribution in [0.25, 0.3) is 10.2 Å². The first-order valence-corrected chi connectivity index (χ1v) is 10.7. The van der Waals surface area contributed by atoms with Crippen LogP contribution in [0.5, 0.6) is 0 Å². The summed E-state index contributed by atoms with van der Waals surface area (Å²) in [6.45, 7) is 3.89. The van der Waals surface area contributed by atoms with Crippen molar-refractivity contribution in [2.24, 2.45) is 11.0 Å². The van der Waals surface area contributed by atoms with Crippen LogP contribution in [0.1, 0.15) is 42.3 Å². The fourth-order valence-corrected chi connectivity index (χ4v) is 5.11. The van der Waals surface area contributed by atoms with Gasteiger partial charge in [-0.3, -0.25) is 14.2 Å². The predicted octanol–water partition coefficient (Wildman–Crippen LogP) is 3.95. The second kappa shape index (κ2) is 8.08. The minimum atomic E-state index is -0.735. The molecule has 150 valence electrons. The van der Waals surface area contributed by atoms with Crippen molar-refractivity contribution in [1.29, 1.82) is 0 Å². The van der Waals surface area contributed by atoms with E-state index in [1.54, 1.807) is 30.4 Å². The number of nitrogens with zero attached hydrogens (tertiary/aromatic N) is 3. The zero-order chi connectivity index (χ0) is 20.5. The smallest absolute Gasteiger partial charge is 0.263 e. The fraction of sp³-hybridized carbons (Fsp3) is 0.333. The number of carbonyl (C=O) groups excluding carboxylic acids is 1. The summed E-state index contributed by atoms with van der Waals surface area (Å²) in [5.74, 6) is 0.229. The number of hydrogen-bond acceptors (Lipinski definition) is 5. The summed E-state index contributed by atoms with van der Waals surface area (Å²) in [4.78, 5) is 32.1. The molecule has 1 aliphatic rings. The van der Waals surface area contributed by atoms with E-state index in [9.17, 15) is 9.59 Å². The molecule has 6 nitrogen and oxygen atoms in total. The van der Waals surface area contributed by atoms with Gasteiger partial charge in [0.25, 0.3) is 11.5 Å². The lowest BCUT2D eigenvalue weighted by molar-refractivity contribution is -0.123. The van der Waals surface area contributed by atoms with Crippen LogP contribution in [0.15, 0.2) is 40.5 Å². The lowest BCUT2D eigenvalue weighted by Crippen LogP contribution is -2.34. The van der Waals surface area contributed by atoms with Crippen LogP contribution in [-0.4, -0.2) is 21.7 Å². The summed E-state index contributed by atoms with van der Waals surface area (Å²) in [5.41, 5.74) is 4.12. The second-order valence-corrected chi connectivity index (χ2v) is 8.91. The average molecular weight is 429 g/mol. The molecule has 8 heteroatoms. The third kappa shape index (κ3) is 3.84. The Hall–Kier alpha value is -2.51. The van der Waals surface area contributed by atoms with Crippen LogP contribution in [0.4, 0.5) is 0 Å². The van der Waals surface area contributed by atoms with Gasteiger partial charge in [0.2, 0.25) is 0 Å². The maximum Gasteiger partial charge on any atom is 0.263 e. The molecular weight excluding hydrogens is 408 g/mol. The summed E-state index contributed by atoms with van der Waals surface area (Å²) in [6.07, 6.45) is 5.88. The number of rotatable bonds is 4. The Morgan fingerprint density at radius 3 is 3.03 bits per heavy atom. The second-order valence-electron chi connectivity index (χ2n) is 7.42. The maximum absolute atomic E-state index is 13.1. The zero-order valence-corrected chi connectivity index (χ0v) is 17.8. The van der Waals surface area contributed by atoms with Crippen molar-refractivity contribution in [3.63, 3.8) is 0 Å². The van der Waals surface area contributed by atoms with E-state index in [0.717, 1.165) is 29.7 Å². The summed E-state index contributed by atoms with van der Waals surface area (Å²) in [5, 5.41) is 5.17. The number of halogens is 1. The van der Waals surface area contributed by atoms with Crippen molar-refractivity contribution in [2.75, 3.05) is 0 Å². The molecule has 0 saturated heterocycles. The average Bonchev–Trinajstić information content (AvgIpc) is 3.07. The lowest BCUT2D eigenvalue weighted by Gasteiger charge is -2.18. The molecule has 0 radical (unpaired) electrons. The minimum Gasteiger partial charge on any atom is -0.286 e. The van der Waals surface area contributed by atoms with Gasteiger partial charge in [0, 0.05) is 15.5 Å². The van der Waals surface area contributed by atoms with E-state index in [-0.39, 0.29) is 5.56 Å². The Labute approximate surface area is 177 Å². The molecule has 4 rings (SSSR count). The van der Waals surface area contributed by atoms with Crippen LogP contribution in [0.2, 0.25) is 5.02 Å². The van der Waals surface area contributed by atoms with Crippen LogP contribution < -0.4 is 11.0 Å². The van der Waals surface area contributed by atoms with Gasteiger partial charge in [-0.1, -0.05) is 36.7 Å². The highest BCUT2D eigenvalue weighted by Crippen LogP contribution is 2.35. The normalized spacial score (nSPS) is 17.4. The van der Waals surface area contributed by atoms with Crippen molar-refractivity contribution >= 4 is 45.3 Å². The van der Waals surface area contributed by atoms with Crippen molar-refractivity contribution in [3.05, 3.63) is 62.0 Å². The Morgan fingerprint density at radius 2 is 2.24 bits per heavy atom. The van der Waals surface area contributed by atoms with Gasteiger partial charge in [-0.15, -0.1) is 11.3 Å². The van der Waals surface area contributed by atoms with Gasteiger partial charge in [-0.2, -0.15) is 5.10 Å². The molecular formula is C21H21ClN4O2S. The Kier molecular flexibility index (Phi) is 5.52. The monoisotopic (exact) mass is 428 g/mol. The maximum atomic E-state index is 13.1. The van der Waals surface area contributed by atoms with Gasteiger partial charge in [0.15, 0.2) is 0 Å². The summed E-state index contributed by atoms with van der Waals surface area (Å²) in [7, 11) is 0. The van der Waals surface area contributed by atoms with Crippen molar-refractivity contribution < 1.29 is 4.79 Å². The molecule has 0 bridgehead atoms. The Bertz CT molecular complexity index is 1170. The molecule has 0 spiro atoms. The number of hydrogen-bond donors (Lipinski definition) is 1. The van der Waals surface area contributed by atoms with E-state index in [1.165, 1.54) is 22.0 Å². The summed E-state index contributed by atoms with van der Waals surface area (Å²) >= 11 is 7.67. The number of carbonyl (C=O) groups is 1. The summed E-state index contributed by atoms with van der Waals surface area (Å²) < 4.78 is 1.38. The van der Waals surface area contributed by atoms with Crippen molar-refractivity contribution in [1.82, 2.24) is 15.0 Å². The highest BCUT2D eigenvalue weighted by atomic mass is 35.5. The number of aryl methyl sites for hydroxylation is 1. The molecule has 0 fully saturated rings. The molecule has 0 aliphatic heterocycles. The first-order valence-electron chi connectivity index (χ1n) is 9.54. The van der Waals surface area contributed by atoms with E-state index in [0.29, 0.717) is 21.9 Å². The van der Waals surface area contributed by atoms with Crippen molar-refractivity contribution in [2.45, 2.75) is 39.2 Å². The van der Waals surface area contributed by atoms with Gasteiger partial charge in [0.05, 0.1) is 17.9 Å². The third-order valence-corrected chi connectivity index (χ3v) is 6.83. The van der Waals surface area contributed by atoms with Crippen LogP contribution in [0, 0.1) is 5.92 Å². The molecule has 2 aromatic heterocycles. The molecule has 1 N–H and O–H groups in total. The first kappa shape index (κ1) is 19.8. The SMILES string of the molecule is CC1CCc2c(sc3ncn(C(C)C(=O)N/N=C\c4ccccc4Cl)c(=O)c23)C1. The molecule has 1 aliphatic carbocycles. The predicted molar refractivity (Wildman–Crippen MR) is 117 cm³/mol. The molecule has 1 amide bonds. The topological polar surface area (TPSA) is 76.3 Å². The van der Waals surface area contributed by atoms with E-state index in [1.807, 2.05) is 12.1 Å². The number of amides is 1. The van der Waals surface area contributed by atoms with E-state index in [2.05, 4.69) is 22.4 Å². The number of thiophene rings is 1. The van der Waals surface area contributed by atoms with Crippen LogP contribution in [-0.2, 0) is 17.6 Å². The van der Waals surface area contributed by atoms with E-state index >= 15 is 0 Å². The molecule has 2 unspecified atom stereocenters. The molecule has 29 heavy (non-hydrogen) atoms. The number of hydrazone groups is 1.